The largest absolute Gasteiger partial charge is 0.457 e. The van der Waals surface area contributed by atoms with E-state index >= 15 is 0 Å². The summed E-state index contributed by atoms with van der Waals surface area (Å²) in [6.45, 7) is 16.0. The Balaban J connectivity index is 1.46. The van der Waals surface area contributed by atoms with E-state index in [9.17, 15) is 24.9 Å². The van der Waals surface area contributed by atoms with Gasteiger partial charge in [0, 0.05) is 57.4 Å². The molecule has 0 bridgehead atoms. The molecule has 3 N–H and O–H groups in total. The number of epoxide rings is 1. The number of aliphatic hydroxyl groups is 3. The molecule has 3 fully saturated rings. The van der Waals surface area contributed by atoms with Crippen molar-refractivity contribution in [2.75, 3.05) is 26.2 Å². The smallest absolute Gasteiger partial charge is 0.309 e. The first kappa shape index (κ1) is 42.6. The number of ether oxygens (including phenoxy) is 3. The van der Waals surface area contributed by atoms with Gasteiger partial charge >= 0.3 is 11.9 Å². The van der Waals surface area contributed by atoms with Crippen LogP contribution in [-0.4, -0.2) is 117 Å². The minimum atomic E-state index is -1.14. The normalized spacial score (nSPS) is 35.3. The van der Waals surface area contributed by atoms with Crippen molar-refractivity contribution < 1.29 is 44.0 Å². The molecule has 3 aliphatic heterocycles. The fourth-order valence-corrected chi connectivity index (χ4v) is 8.14. The SMILES string of the molecule is CCC(O)C(C)C1OC1CC(C)(O)/C=C/C=C(\C)C1OC(=O)CC(O)CCC(C)(ON2CCN(C3CCCCCC3)CC2)C(OC(C)=O)/C=C/C1C. The van der Waals surface area contributed by atoms with Gasteiger partial charge in [0.05, 0.1) is 36.4 Å². The quantitative estimate of drug-likeness (QED) is 0.0780. The number of hydrogen-bond donors (Lipinski definition) is 3. The molecule has 0 amide bonds. The number of cyclic esters (lactones) is 1. The van der Waals surface area contributed by atoms with Crippen LogP contribution in [0.15, 0.2) is 36.0 Å². The lowest BCUT2D eigenvalue weighted by Crippen LogP contribution is -2.55. The Kier molecular flexibility index (Phi) is 16.0. The van der Waals surface area contributed by atoms with E-state index in [-0.39, 0.29) is 36.9 Å². The van der Waals surface area contributed by atoms with Crippen molar-refractivity contribution >= 4 is 11.9 Å². The average Bonchev–Trinajstić information content (AvgIpc) is 3.90. The van der Waals surface area contributed by atoms with Gasteiger partial charge in [-0.2, -0.15) is 5.06 Å². The van der Waals surface area contributed by atoms with E-state index in [1.807, 2.05) is 57.9 Å². The summed E-state index contributed by atoms with van der Waals surface area (Å²) >= 11 is 0. The lowest BCUT2D eigenvalue weighted by molar-refractivity contribution is -0.278. The molecule has 11 nitrogen and oxygen atoms in total. The summed E-state index contributed by atoms with van der Waals surface area (Å²) in [6, 6.07) is 0.629. The van der Waals surface area contributed by atoms with E-state index in [0.717, 1.165) is 31.8 Å². The Morgan fingerprint density at radius 3 is 2.42 bits per heavy atom. The van der Waals surface area contributed by atoms with E-state index in [2.05, 4.69) is 4.90 Å². The van der Waals surface area contributed by atoms with Crippen LogP contribution in [-0.2, 0) is 28.6 Å². The zero-order valence-electron chi connectivity index (χ0n) is 32.9. The van der Waals surface area contributed by atoms with Gasteiger partial charge in [-0.15, -0.1) is 0 Å². The summed E-state index contributed by atoms with van der Waals surface area (Å²) in [5, 5.41) is 34.2. The Morgan fingerprint density at radius 1 is 1.12 bits per heavy atom. The summed E-state index contributed by atoms with van der Waals surface area (Å²) in [5.74, 6) is -1.26. The number of allylic oxidation sites excluding steroid dienone is 2. The molecule has 0 radical (unpaired) electrons. The van der Waals surface area contributed by atoms with E-state index in [4.69, 9.17) is 19.0 Å². The van der Waals surface area contributed by atoms with Gasteiger partial charge in [-0.1, -0.05) is 70.8 Å². The van der Waals surface area contributed by atoms with Crippen LogP contribution >= 0.6 is 0 Å². The predicted molar refractivity (Wildman–Crippen MR) is 200 cm³/mol. The molecule has 2 saturated heterocycles. The van der Waals surface area contributed by atoms with Gasteiger partial charge in [0.1, 0.15) is 11.7 Å². The molecule has 3 heterocycles. The van der Waals surface area contributed by atoms with E-state index in [1.165, 1.54) is 45.4 Å². The third-order valence-corrected chi connectivity index (χ3v) is 11.6. The molecule has 10 unspecified atom stereocenters. The zero-order chi connectivity index (χ0) is 38.1. The molecule has 0 aromatic heterocycles. The van der Waals surface area contributed by atoms with Crippen LogP contribution in [0.4, 0.5) is 0 Å². The standard InChI is InChI=1S/C41H68N2O9/c1-8-34(46)30(4)39-35(50-39)27-40(6,48)20-13-14-28(2)38-29(3)17-18-36(49-31(5)44)41(7,21-19-33(45)26-37(47)51-38)52-43-24-22-42(23-25-43)32-15-11-9-10-12-16-32/h13-14,17-18,20,29-30,32-36,38-39,45-46,48H,8-12,15-16,19,21-27H2,1-7H3/b18-17+,20-13+,28-14+. The third kappa shape index (κ3) is 12.7. The Labute approximate surface area is 312 Å². The molecule has 0 aromatic rings. The summed E-state index contributed by atoms with van der Waals surface area (Å²) in [5.41, 5.74) is -1.38. The Morgan fingerprint density at radius 2 is 1.79 bits per heavy atom. The maximum absolute atomic E-state index is 13.1. The highest BCUT2D eigenvalue weighted by Gasteiger charge is 2.47. The van der Waals surface area contributed by atoms with Crippen molar-refractivity contribution in [3.63, 3.8) is 0 Å². The number of hydrogen-bond acceptors (Lipinski definition) is 11. The lowest BCUT2D eigenvalue weighted by atomic mass is 9.88. The summed E-state index contributed by atoms with van der Waals surface area (Å²) in [7, 11) is 0. The van der Waals surface area contributed by atoms with Crippen LogP contribution in [0.3, 0.4) is 0 Å². The molecule has 0 spiro atoms. The number of carbonyl (C=O) groups excluding carboxylic acids is 2. The van der Waals surface area contributed by atoms with Crippen LogP contribution in [0.2, 0.25) is 0 Å². The maximum Gasteiger partial charge on any atom is 0.309 e. The van der Waals surface area contributed by atoms with Crippen LogP contribution in [0.25, 0.3) is 0 Å². The second-order valence-corrected chi connectivity index (χ2v) is 16.4. The molecule has 1 aliphatic carbocycles. The predicted octanol–water partition coefficient (Wildman–Crippen LogP) is 5.42. The second-order valence-electron chi connectivity index (χ2n) is 16.4. The fourth-order valence-electron chi connectivity index (χ4n) is 8.14. The molecular formula is C41H68N2O9. The molecule has 296 valence electrons. The van der Waals surface area contributed by atoms with Crippen LogP contribution < -0.4 is 0 Å². The van der Waals surface area contributed by atoms with E-state index in [0.29, 0.717) is 25.3 Å². The van der Waals surface area contributed by atoms with Gasteiger partial charge in [-0.3, -0.25) is 19.3 Å². The highest BCUT2D eigenvalue weighted by molar-refractivity contribution is 5.70. The Bertz CT molecular complexity index is 1240. The summed E-state index contributed by atoms with van der Waals surface area (Å²) in [4.78, 5) is 34.9. The number of aliphatic hydroxyl groups excluding tert-OH is 2. The molecule has 1 saturated carbocycles. The second kappa shape index (κ2) is 19.5. The van der Waals surface area contributed by atoms with Crippen molar-refractivity contribution in [3.8, 4) is 0 Å². The number of rotatable bonds is 12. The van der Waals surface area contributed by atoms with Gasteiger partial charge in [0.15, 0.2) is 6.10 Å². The summed E-state index contributed by atoms with van der Waals surface area (Å²) < 4.78 is 17.6. The van der Waals surface area contributed by atoms with E-state index < -0.39 is 47.6 Å². The lowest BCUT2D eigenvalue weighted by Gasteiger charge is -2.44. The van der Waals surface area contributed by atoms with E-state index in [1.54, 1.807) is 19.1 Å². The first-order valence-corrected chi connectivity index (χ1v) is 19.9. The summed E-state index contributed by atoms with van der Waals surface area (Å²) in [6.07, 6.45) is 15.2. The van der Waals surface area contributed by atoms with Crippen molar-refractivity contribution in [3.05, 3.63) is 36.0 Å². The molecule has 0 aromatic carbocycles. The topological polar surface area (TPSA) is 142 Å². The minimum absolute atomic E-state index is 0.00277. The van der Waals surface area contributed by atoms with Gasteiger partial charge in [-0.05, 0) is 64.5 Å². The van der Waals surface area contributed by atoms with Crippen LogP contribution in [0.5, 0.6) is 0 Å². The number of piperazine rings is 1. The molecule has 4 aliphatic rings. The van der Waals surface area contributed by atoms with Crippen LogP contribution in [0.1, 0.15) is 119 Å². The first-order valence-electron chi connectivity index (χ1n) is 19.9. The number of esters is 2. The number of hydroxylamine groups is 2. The minimum Gasteiger partial charge on any atom is -0.457 e. The molecule has 11 heteroatoms. The number of carbonyl (C=O) groups is 2. The van der Waals surface area contributed by atoms with Crippen molar-refractivity contribution in [2.24, 2.45) is 11.8 Å². The third-order valence-electron chi connectivity index (χ3n) is 11.6. The average molecular weight is 733 g/mol. The fraction of sp³-hybridized carbons (Fsp3) is 0.805. The molecule has 10 atom stereocenters. The molecule has 52 heavy (non-hydrogen) atoms. The van der Waals surface area contributed by atoms with Crippen molar-refractivity contribution in [1.29, 1.82) is 0 Å². The monoisotopic (exact) mass is 732 g/mol. The van der Waals surface area contributed by atoms with Gasteiger partial charge in [0.25, 0.3) is 0 Å². The highest BCUT2D eigenvalue weighted by Crippen LogP contribution is 2.38. The van der Waals surface area contributed by atoms with Gasteiger partial charge in [0.2, 0.25) is 0 Å². The highest BCUT2D eigenvalue weighted by atomic mass is 16.7. The van der Waals surface area contributed by atoms with Gasteiger partial charge in [-0.25, -0.2) is 0 Å². The van der Waals surface area contributed by atoms with Gasteiger partial charge < -0.3 is 29.5 Å². The van der Waals surface area contributed by atoms with Crippen molar-refractivity contribution in [2.45, 2.75) is 173 Å². The van der Waals surface area contributed by atoms with Crippen LogP contribution in [0, 0.1) is 11.8 Å². The first-order chi connectivity index (χ1) is 24.6. The number of nitrogens with zero attached hydrogens (tertiary/aromatic N) is 2. The molecule has 4 rings (SSSR count). The van der Waals surface area contributed by atoms with Crippen molar-refractivity contribution in [1.82, 2.24) is 9.96 Å². The Hall–Kier alpha value is -2.12. The molecular weight excluding hydrogens is 664 g/mol. The maximum atomic E-state index is 13.1. The zero-order valence-corrected chi connectivity index (χ0v) is 32.9.